The second kappa shape index (κ2) is 17.3. The van der Waals surface area contributed by atoms with Crippen LogP contribution in [0.15, 0.2) is 0 Å². The summed E-state index contributed by atoms with van der Waals surface area (Å²) in [5.41, 5.74) is 0. The SMILES string of the molecule is CCCCCCCCCCCC[N+](CC)(CC)CC.CCS(=O)(=O)[O-]. The molecule has 0 fully saturated rings. The summed E-state index contributed by atoms with van der Waals surface area (Å²) in [5, 5.41) is 0. The van der Waals surface area contributed by atoms with Crippen LogP contribution in [0.1, 0.15) is 98.8 Å². The summed E-state index contributed by atoms with van der Waals surface area (Å²) in [4.78, 5) is 0. The zero-order valence-corrected chi connectivity index (χ0v) is 18.5. The first-order valence-corrected chi connectivity index (χ1v) is 12.2. The van der Waals surface area contributed by atoms with Crippen molar-refractivity contribution in [3.8, 4) is 0 Å². The molecule has 0 unspecified atom stereocenters. The molecule has 0 N–H and O–H groups in total. The van der Waals surface area contributed by atoms with Crippen molar-refractivity contribution >= 4 is 10.1 Å². The molecule has 0 aromatic rings. The molecule has 0 saturated carbocycles. The van der Waals surface area contributed by atoms with Gasteiger partial charge in [0.15, 0.2) is 0 Å². The summed E-state index contributed by atoms with van der Waals surface area (Å²) in [6.45, 7) is 16.0. The highest BCUT2D eigenvalue weighted by Gasteiger charge is 2.19. The molecule has 0 aliphatic rings. The van der Waals surface area contributed by atoms with E-state index >= 15 is 0 Å². The number of rotatable bonds is 15. The molecule has 0 atom stereocenters. The first-order chi connectivity index (χ1) is 11.8. The van der Waals surface area contributed by atoms with E-state index in [-0.39, 0.29) is 5.75 Å². The smallest absolute Gasteiger partial charge is 0.0943 e. The van der Waals surface area contributed by atoms with Gasteiger partial charge in [0.1, 0.15) is 0 Å². The normalized spacial score (nSPS) is 11.9. The molecule has 0 aromatic heterocycles. The molecule has 0 saturated heterocycles. The lowest BCUT2D eigenvalue weighted by Gasteiger charge is -2.35. The lowest BCUT2D eigenvalue weighted by Crippen LogP contribution is -2.48. The molecule has 0 spiro atoms. The molecular formula is C20H45NO3S. The largest absolute Gasteiger partial charge is 0.748 e. The molecule has 0 aliphatic heterocycles. The predicted octanol–water partition coefficient (Wildman–Crippen LogP) is 5.34. The highest BCUT2D eigenvalue weighted by Crippen LogP contribution is 2.13. The highest BCUT2D eigenvalue weighted by molar-refractivity contribution is 7.85. The summed E-state index contributed by atoms with van der Waals surface area (Å²) in [7, 11) is -3.91. The number of unbranched alkanes of at least 4 members (excludes halogenated alkanes) is 9. The van der Waals surface area contributed by atoms with Crippen LogP contribution in [-0.2, 0) is 10.1 Å². The van der Waals surface area contributed by atoms with Gasteiger partial charge in [-0.25, -0.2) is 8.42 Å². The van der Waals surface area contributed by atoms with Gasteiger partial charge in [-0.15, -0.1) is 0 Å². The van der Waals surface area contributed by atoms with Gasteiger partial charge in [0, 0.05) is 5.75 Å². The summed E-state index contributed by atoms with van der Waals surface area (Å²) in [6.07, 6.45) is 14.5. The minimum atomic E-state index is -3.91. The van der Waals surface area contributed by atoms with Crippen LogP contribution < -0.4 is 0 Å². The van der Waals surface area contributed by atoms with Crippen LogP contribution in [0.5, 0.6) is 0 Å². The minimum Gasteiger partial charge on any atom is -0.748 e. The zero-order valence-electron chi connectivity index (χ0n) is 17.7. The third kappa shape index (κ3) is 18.5. The third-order valence-corrected chi connectivity index (χ3v) is 6.06. The van der Waals surface area contributed by atoms with E-state index in [9.17, 15) is 13.0 Å². The quantitative estimate of drug-likeness (QED) is 0.219. The van der Waals surface area contributed by atoms with Crippen molar-refractivity contribution in [2.45, 2.75) is 98.8 Å². The second-order valence-corrected chi connectivity index (χ2v) is 8.73. The van der Waals surface area contributed by atoms with Crippen LogP contribution in [0.4, 0.5) is 0 Å². The van der Waals surface area contributed by atoms with Gasteiger partial charge in [-0.05, 0) is 33.6 Å². The maximum Gasteiger partial charge on any atom is 0.0943 e. The third-order valence-electron chi connectivity index (χ3n) is 5.35. The summed E-state index contributed by atoms with van der Waals surface area (Å²) in [6, 6.07) is 0. The van der Waals surface area contributed by atoms with Gasteiger partial charge in [-0.1, -0.05) is 65.2 Å². The Bertz CT molecular complexity index is 357. The van der Waals surface area contributed by atoms with Crippen LogP contribution in [0.3, 0.4) is 0 Å². The van der Waals surface area contributed by atoms with Gasteiger partial charge in [-0.3, -0.25) is 0 Å². The van der Waals surface area contributed by atoms with Gasteiger partial charge >= 0.3 is 0 Å². The van der Waals surface area contributed by atoms with E-state index in [1.54, 1.807) is 0 Å². The van der Waals surface area contributed by atoms with E-state index in [1.165, 1.54) is 102 Å². The van der Waals surface area contributed by atoms with E-state index in [0.717, 1.165) is 0 Å². The number of quaternary nitrogens is 1. The number of hydrogen-bond donors (Lipinski definition) is 0. The second-order valence-electron chi connectivity index (χ2n) is 7.04. The van der Waals surface area contributed by atoms with Crippen molar-refractivity contribution < 1.29 is 17.5 Å². The van der Waals surface area contributed by atoms with Crippen LogP contribution in [-0.4, -0.2) is 49.4 Å². The molecule has 0 aromatic carbocycles. The average Bonchev–Trinajstić information content (AvgIpc) is 2.60. The lowest BCUT2D eigenvalue weighted by atomic mass is 10.1. The van der Waals surface area contributed by atoms with Crippen LogP contribution in [0, 0.1) is 0 Å². The van der Waals surface area contributed by atoms with E-state index < -0.39 is 10.1 Å². The molecule has 0 aliphatic carbocycles. The van der Waals surface area contributed by atoms with Crippen molar-refractivity contribution in [1.82, 2.24) is 0 Å². The Morgan fingerprint density at radius 2 is 0.960 bits per heavy atom. The molecule has 0 rings (SSSR count). The zero-order chi connectivity index (χ0) is 19.6. The fraction of sp³-hybridized carbons (Fsp3) is 1.00. The Labute approximate surface area is 158 Å². The van der Waals surface area contributed by atoms with Gasteiger partial charge in [0.2, 0.25) is 0 Å². The molecular weight excluding hydrogens is 334 g/mol. The molecule has 0 bridgehead atoms. The minimum absolute atomic E-state index is 0.312. The average molecular weight is 380 g/mol. The Morgan fingerprint density at radius 3 is 1.24 bits per heavy atom. The fourth-order valence-corrected chi connectivity index (χ4v) is 3.08. The predicted molar refractivity (Wildman–Crippen MR) is 109 cm³/mol. The first-order valence-electron chi connectivity index (χ1n) is 10.6. The maximum absolute atomic E-state index is 9.44. The van der Waals surface area contributed by atoms with Gasteiger partial charge < -0.3 is 9.04 Å². The monoisotopic (exact) mass is 379 g/mol. The summed E-state index contributed by atoms with van der Waals surface area (Å²) in [5.74, 6) is -0.312. The molecule has 0 heterocycles. The standard InChI is InChI=1S/C18H40N.C2H6O3S/c1-5-9-10-11-12-13-14-15-16-17-18-19(6-2,7-3)8-4;1-2-6(3,4)5/h5-18H2,1-4H3;2H2,1H3,(H,3,4,5)/q+1;/p-1. The Morgan fingerprint density at radius 1 is 0.640 bits per heavy atom. The molecule has 0 radical (unpaired) electrons. The van der Waals surface area contributed by atoms with Crippen molar-refractivity contribution in [1.29, 1.82) is 0 Å². The lowest BCUT2D eigenvalue weighted by molar-refractivity contribution is -0.923. The van der Waals surface area contributed by atoms with Crippen molar-refractivity contribution in [3.05, 3.63) is 0 Å². The Kier molecular flexibility index (Phi) is 18.7. The van der Waals surface area contributed by atoms with E-state index in [1.807, 2.05) is 0 Å². The van der Waals surface area contributed by atoms with Crippen LogP contribution >= 0.6 is 0 Å². The van der Waals surface area contributed by atoms with E-state index in [4.69, 9.17) is 0 Å². The van der Waals surface area contributed by atoms with Crippen molar-refractivity contribution in [2.24, 2.45) is 0 Å². The van der Waals surface area contributed by atoms with Crippen LogP contribution in [0.25, 0.3) is 0 Å². The Balaban J connectivity index is 0. The topological polar surface area (TPSA) is 57.2 Å². The molecule has 0 amide bonds. The first kappa shape index (κ1) is 27.1. The number of hydrogen-bond acceptors (Lipinski definition) is 3. The van der Waals surface area contributed by atoms with E-state index in [2.05, 4.69) is 27.7 Å². The summed E-state index contributed by atoms with van der Waals surface area (Å²) < 4.78 is 29.7. The molecule has 4 nitrogen and oxygen atoms in total. The van der Waals surface area contributed by atoms with Gasteiger partial charge in [-0.2, -0.15) is 0 Å². The molecule has 25 heavy (non-hydrogen) atoms. The van der Waals surface area contributed by atoms with Crippen molar-refractivity contribution in [3.63, 3.8) is 0 Å². The van der Waals surface area contributed by atoms with Gasteiger partial charge in [0.05, 0.1) is 36.3 Å². The Hall–Kier alpha value is -0.130. The number of nitrogens with zero attached hydrogens (tertiary/aromatic N) is 1. The highest BCUT2D eigenvalue weighted by atomic mass is 32.2. The van der Waals surface area contributed by atoms with Gasteiger partial charge in [0.25, 0.3) is 0 Å². The fourth-order valence-electron chi connectivity index (χ4n) is 3.08. The van der Waals surface area contributed by atoms with E-state index in [0.29, 0.717) is 0 Å². The molecule has 5 heteroatoms. The summed E-state index contributed by atoms with van der Waals surface area (Å²) >= 11 is 0. The van der Waals surface area contributed by atoms with Crippen molar-refractivity contribution in [2.75, 3.05) is 31.9 Å². The maximum atomic E-state index is 9.44. The molecule has 154 valence electrons. The van der Waals surface area contributed by atoms with Crippen LogP contribution in [0.2, 0.25) is 0 Å².